The lowest BCUT2D eigenvalue weighted by atomic mass is 10.2. The van der Waals surface area contributed by atoms with Crippen LogP contribution in [0, 0.1) is 13.8 Å². The van der Waals surface area contributed by atoms with Gasteiger partial charge in [0.1, 0.15) is 9.97 Å². The van der Waals surface area contributed by atoms with Gasteiger partial charge in [0.15, 0.2) is 5.76 Å². The first-order valence-corrected chi connectivity index (χ1v) is 10.2. The van der Waals surface area contributed by atoms with Gasteiger partial charge < -0.3 is 9.05 Å². The lowest BCUT2D eigenvalue weighted by Gasteiger charge is -2.01. The van der Waals surface area contributed by atoms with E-state index in [0.29, 0.717) is 11.5 Å². The van der Waals surface area contributed by atoms with E-state index in [1.807, 2.05) is 13.8 Å². The summed E-state index contributed by atoms with van der Waals surface area (Å²) in [6.07, 6.45) is 1.76. The second-order valence-corrected chi connectivity index (χ2v) is 8.75. The highest BCUT2D eigenvalue weighted by molar-refractivity contribution is 7.91. The van der Waals surface area contributed by atoms with Crippen LogP contribution in [-0.4, -0.2) is 18.7 Å². The van der Waals surface area contributed by atoms with Crippen molar-refractivity contribution in [2.75, 3.05) is 0 Å². The van der Waals surface area contributed by atoms with Crippen molar-refractivity contribution in [3.8, 4) is 10.4 Å². The summed E-state index contributed by atoms with van der Waals surface area (Å²) in [5.41, 5.74) is 2.40. The van der Waals surface area contributed by atoms with E-state index in [9.17, 15) is 8.42 Å². The fourth-order valence-electron chi connectivity index (χ4n) is 2.48. The number of sulfonamides is 1. The van der Waals surface area contributed by atoms with Gasteiger partial charge in [-0.25, -0.2) is 13.1 Å². The van der Waals surface area contributed by atoms with Gasteiger partial charge in [0, 0.05) is 10.9 Å². The zero-order valence-corrected chi connectivity index (χ0v) is 15.8. The first-order valence-electron chi connectivity index (χ1n) is 7.88. The third-order valence-corrected chi connectivity index (χ3v) is 6.67. The van der Waals surface area contributed by atoms with Crippen molar-refractivity contribution in [1.29, 1.82) is 0 Å². The molecule has 0 saturated carbocycles. The number of hydrogen-bond donors (Lipinski definition) is 1. The van der Waals surface area contributed by atoms with Crippen molar-refractivity contribution in [3.05, 3.63) is 41.1 Å². The molecule has 0 atom stereocenters. The summed E-state index contributed by atoms with van der Waals surface area (Å²) in [6, 6.07) is 5.12. The number of hydrogen-bond acceptors (Lipinski definition) is 7. The van der Waals surface area contributed by atoms with E-state index in [1.54, 1.807) is 25.1 Å². The van der Waals surface area contributed by atoms with Crippen LogP contribution >= 0.6 is 11.3 Å². The third-order valence-electron chi connectivity index (χ3n) is 3.68. The molecule has 0 radical (unpaired) electrons. The molecule has 3 aromatic rings. The monoisotopic (exact) mass is 381 g/mol. The minimum absolute atomic E-state index is 0.0671. The molecule has 0 unspecified atom stereocenters. The highest BCUT2D eigenvalue weighted by Crippen LogP contribution is 2.34. The van der Waals surface area contributed by atoms with Gasteiger partial charge in [-0.3, -0.25) is 0 Å². The zero-order valence-electron chi connectivity index (χ0n) is 14.2. The van der Waals surface area contributed by atoms with E-state index in [4.69, 9.17) is 9.05 Å². The number of thiophene rings is 1. The van der Waals surface area contributed by atoms with E-state index < -0.39 is 10.0 Å². The summed E-state index contributed by atoms with van der Waals surface area (Å²) in [6.45, 7) is 5.75. The standard InChI is InChI=1S/C16H19N3O4S2/c1-4-5-12-8-13(23-19-12)9-17-25(20,21)15-7-6-14(24-15)16-10(2)18-22-11(16)3/h6-8,17H,4-5,9H2,1-3H3. The SMILES string of the molecule is CCCc1cc(CNS(=O)(=O)c2ccc(-c3c(C)noc3C)s2)on1. The molecule has 3 heterocycles. The lowest BCUT2D eigenvalue weighted by molar-refractivity contribution is 0.374. The summed E-state index contributed by atoms with van der Waals surface area (Å²) >= 11 is 1.18. The summed E-state index contributed by atoms with van der Waals surface area (Å²) in [4.78, 5) is 0.807. The molecule has 134 valence electrons. The van der Waals surface area contributed by atoms with Crippen LogP contribution in [0.25, 0.3) is 10.4 Å². The normalized spacial score (nSPS) is 12.0. The summed E-state index contributed by atoms with van der Waals surface area (Å²) in [5, 5.41) is 7.82. The zero-order chi connectivity index (χ0) is 18.0. The molecule has 3 rings (SSSR count). The van der Waals surface area contributed by atoms with E-state index >= 15 is 0 Å². The molecule has 0 saturated heterocycles. The summed E-state index contributed by atoms with van der Waals surface area (Å²) in [5.74, 6) is 1.16. The highest BCUT2D eigenvalue weighted by atomic mass is 32.2. The fourth-order valence-corrected chi connectivity index (χ4v) is 4.97. The van der Waals surface area contributed by atoms with Gasteiger partial charge in [0.2, 0.25) is 10.0 Å². The molecular formula is C16H19N3O4S2. The van der Waals surface area contributed by atoms with Crippen LogP contribution in [0.1, 0.15) is 36.3 Å². The molecule has 0 fully saturated rings. The van der Waals surface area contributed by atoms with Gasteiger partial charge in [-0.05, 0) is 32.4 Å². The molecule has 3 aromatic heterocycles. The average molecular weight is 381 g/mol. The van der Waals surface area contributed by atoms with E-state index in [0.717, 1.165) is 34.7 Å². The maximum Gasteiger partial charge on any atom is 0.250 e. The third kappa shape index (κ3) is 3.83. The van der Waals surface area contributed by atoms with E-state index in [2.05, 4.69) is 15.0 Å². The predicted octanol–water partition coefficient (Wildman–Crippen LogP) is 3.44. The van der Waals surface area contributed by atoms with Gasteiger partial charge in [-0.1, -0.05) is 23.7 Å². The van der Waals surface area contributed by atoms with E-state index in [-0.39, 0.29) is 10.8 Å². The Kier molecular flexibility index (Phi) is 5.07. The maximum absolute atomic E-state index is 12.5. The first kappa shape index (κ1) is 17.8. The van der Waals surface area contributed by atoms with Crippen LogP contribution in [-0.2, 0) is 23.0 Å². The fraction of sp³-hybridized carbons (Fsp3) is 0.375. The lowest BCUT2D eigenvalue weighted by Crippen LogP contribution is -2.22. The van der Waals surface area contributed by atoms with Crippen LogP contribution in [0.4, 0.5) is 0 Å². The Morgan fingerprint density at radius 1 is 1.20 bits per heavy atom. The Labute approximate surface area is 150 Å². The second kappa shape index (κ2) is 7.11. The van der Waals surface area contributed by atoms with E-state index in [1.165, 1.54) is 11.3 Å². The quantitative estimate of drug-likeness (QED) is 0.673. The average Bonchev–Trinajstić information content (AvgIpc) is 3.27. The molecular weight excluding hydrogens is 362 g/mol. The van der Waals surface area contributed by atoms with Crippen molar-refractivity contribution in [3.63, 3.8) is 0 Å². The molecule has 0 amide bonds. The van der Waals surface area contributed by atoms with Crippen molar-refractivity contribution in [2.45, 2.75) is 44.4 Å². The highest BCUT2D eigenvalue weighted by Gasteiger charge is 2.20. The predicted molar refractivity (Wildman–Crippen MR) is 93.8 cm³/mol. The molecule has 0 bridgehead atoms. The van der Waals surface area contributed by atoms with Gasteiger partial charge in [-0.2, -0.15) is 0 Å². The smallest absolute Gasteiger partial charge is 0.250 e. The minimum atomic E-state index is -3.63. The van der Waals surface area contributed by atoms with Crippen molar-refractivity contribution < 1.29 is 17.5 Å². The largest absolute Gasteiger partial charge is 0.361 e. The summed E-state index contributed by atoms with van der Waals surface area (Å²) < 4.78 is 38.0. The van der Waals surface area contributed by atoms with Crippen LogP contribution < -0.4 is 4.72 Å². The van der Waals surface area contributed by atoms with Crippen LogP contribution in [0.15, 0.2) is 31.5 Å². The molecule has 0 aliphatic heterocycles. The van der Waals surface area contributed by atoms with Gasteiger partial charge >= 0.3 is 0 Å². The van der Waals surface area contributed by atoms with Crippen molar-refractivity contribution >= 4 is 21.4 Å². The Morgan fingerprint density at radius 2 is 2.00 bits per heavy atom. The second-order valence-electron chi connectivity index (χ2n) is 5.68. The Hall–Kier alpha value is -1.97. The molecule has 0 aliphatic carbocycles. The molecule has 0 aromatic carbocycles. The van der Waals surface area contributed by atoms with Crippen LogP contribution in [0.5, 0.6) is 0 Å². The van der Waals surface area contributed by atoms with Crippen molar-refractivity contribution in [2.24, 2.45) is 0 Å². The van der Waals surface area contributed by atoms with Crippen molar-refractivity contribution in [1.82, 2.24) is 15.0 Å². The summed E-state index contributed by atoms with van der Waals surface area (Å²) in [7, 11) is -3.63. The Bertz CT molecular complexity index is 950. The molecule has 1 N–H and O–H groups in total. The van der Waals surface area contributed by atoms with Crippen LogP contribution in [0.2, 0.25) is 0 Å². The molecule has 0 spiro atoms. The number of aromatic nitrogens is 2. The Morgan fingerprint density at radius 3 is 2.68 bits per heavy atom. The van der Waals surface area contributed by atoms with Gasteiger partial charge in [-0.15, -0.1) is 11.3 Å². The Balaban J connectivity index is 1.74. The molecule has 25 heavy (non-hydrogen) atoms. The number of rotatable bonds is 7. The first-order chi connectivity index (χ1) is 11.9. The molecule has 0 aliphatic rings. The number of nitrogens with zero attached hydrogens (tertiary/aromatic N) is 2. The maximum atomic E-state index is 12.5. The minimum Gasteiger partial charge on any atom is -0.361 e. The molecule has 7 nitrogen and oxygen atoms in total. The number of nitrogens with one attached hydrogen (secondary N) is 1. The van der Waals surface area contributed by atoms with Crippen LogP contribution in [0.3, 0.4) is 0 Å². The number of aryl methyl sites for hydroxylation is 3. The van der Waals surface area contributed by atoms with Gasteiger partial charge in [0.25, 0.3) is 0 Å². The van der Waals surface area contributed by atoms with Gasteiger partial charge in [0.05, 0.1) is 23.5 Å². The molecule has 9 heteroatoms. The topological polar surface area (TPSA) is 98.2 Å².